The van der Waals surface area contributed by atoms with E-state index in [-0.39, 0.29) is 11.4 Å². The highest BCUT2D eigenvalue weighted by Crippen LogP contribution is 2.26. The Morgan fingerprint density at radius 3 is 2.60 bits per heavy atom. The Hall–Kier alpha value is -0.520. The molecule has 0 fully saturated rings. The van der Waals surface area contributed by atoms with Gasteiger partial charge in [0.1, 0.15) is 5.82 Å². The number of benzene rings is 1. The van der Waals surface area contributed by atoms with Crippen molar-refractivity contribution in [1.29, 1.82) is 0 Å². The number of anilines is 1. The predicted molar refractivity (Wildman–Crippen MR) is 45.2 cm³/mol. The molecule has 0 unspecified atom stereocenters. The van der Waals surface area contributed by atoms with Gasteiger partial charge in [-0.1, -0.05) is 0 Å². The highest BCUT2D eigenvalue weighted by atomic mass is 127. The van der Waals surface area contributed by atoms with Crippen LogP contribution in [0.25, 0.3) is 0 Å². The minimum Gasteiger partial charge on any atom is -0.505 e. The summed E-state index contributed by atoms with van der Waals surface area (Å²) in [4.78, 5) is 0. The molecule has 0 aliphatic heterocycles. The van der Waals surface area contributed by atoms with Gasteiger partial charge in [0.2, 0.25) is 0 Å². The van der Waals surface area contributed by atoms with Gasteiger partial charge >= 0.3 is 0 Å². The lowest BCUT2D eigenvalue weighted by Crippen LogP contribution is -1.89. The van der Waals surface area contributed by atoms with Gasteiger partial charge in [-0.25, -0.2) is 4.39 Å². The van der Waals surface area contributed by atoms with Crippen molar-refractivity contribution >= 4 is 28.3 Å². The number of nitrogen functional groups attached to an aromatic ring is 1. The monoisotopic (exact) mass is 253 g/mol. The summed E-state index contributed by atoms with van der Waals surface area (Å²) in [7, 11) is 0. The fourth-order valence-electron chi connectivity index (χ4n) is 0.586. The Morgan fingerprint density at radius 1 is 1.50 bits per heavy atom. The summed E-state index contributed by atoms with van der Waals surface area (Å²) in [5.41, 5.74) is 5.30. The number of phenols is 1. The van der Waals surface area contributed by atoms with E-state index in [0.29, 0.717) is 3.57 Å². The van der Waals surface area contributed by atoms with Gasteiger partial charge < -0.3 is 10.8 Å². The van der Waals surface area contributed by atoms with E-state index in [4.69, 9.17) is 10.8 Å². The first-order chi connectivity index (χ1) is 4.61. The summed E-state index contributed by atoms with van der Waals surface area (Å²) in [6.45, 7) is 0. The molecule has 0 spiro atoms. The standard InChI is InChI=1S/C6H5FINO/c7-3-1-4(8)6(10)5(9)2-3/h1-2,10H,9H2. The predicted octanol–water partition coefficient (Wildman–Crippen LogP) is 1.72. The van der Waals surface area contributed by atoms with E-state index >= 15 is 0 Å². The molecule has 0 bridgehead atoms. The number of halogens is 2. The minimum absolute atomic E-state index is 0.0537. The van der Waals surface area contributed by atoms with Gasteiger partial charge in [0.25, 0.3) is 0 Å². The molecule has 1 aromatic carbocycles. The lowest BCUT2D eigenvalue weighted by molar-refractivity contribution is 0.472. The molecule has 1 aromatic rings. The quantitative estimate of drug-likeness (QED) is 0.420. The van der Waals surface area contributed by atoms with Crippen LogP contribution in [0.2, 0.25) is 0 Å². The Morgan fingerprint density at radius 2 is 2.10 bits per heavy atom. The molecule has 0 saturated heterocycles. The van der Waals surface area contributed by atoms with Crippen LogP contribution in [-0.4, -0.2) is 5.11 Å². The molecule has 0 aromatic heterocycles. The molecular formula is C6H5FINO. The topological polar surface area (TPSA) is 46.2 Å². The summed E-state index contributed by atoms with van der Waals surface area (Å²) in [5.74, 6) is -0.485. The molecule has 0 atom stereocenters. The number of nitrogens with two attached hydrogens (primary N) is 1. The van der Waals surface area contributed by atoms with Gasteiger partial charge in [0.05, 0.1) is 9.26 Å². The normalized spacial score (nSPS) is 9.80. The summed E-state index contributed by atoms with van der Waals surface area (Å²) < 4.78 is 12.8. The van der Waals surface area contributed by atoms with Gasteiger partial charge in [0.15, 0.2) is 5.75 Å². The molecule has 0 amide bonds. The van der Waals surface area contributed by atoms with Gasteiger partial charge in [0, 0.05) is 6.07 Å². The Labute approximate surface area is 71.0 Å². The Kier molecular flexibility index (Phi) is 1.98. The SMILES string of the molecule is Nc1cc(F)cc(I)c1O. The van der Waals surface area contributed by atoms with Gasteiger partial charge in [-0.15, -0.1) is 0 Å². The first kappa shape index (κ1) is 7.59. The van der Waals surface area contributed by atoms with Crippen molar-refractivity contribution in [1.82, 2.24) is 0 Å². The van der Waals surface area contributed by atoms with E-state index < -0.39 is 5.82 Å². The molecule has 54 valence electrons. The van der Waals surface area contributed by atoms with Crippen LogP contribution in [-0.2, 0) is 0 Å². The molecular weight excluding hydrogens is 248 g/mol. The second-order valence-electron chi connectivity index (χ2n) is 1.83. The molecule has 0 heterocycles. The Balaban J connectivity index is 3.31. The van der Waals surface area contributed by atoms with E-state index in [1.165, 1.54) is 6.07 Å². The lowest BCUT2D eigenvalue weighted by Gasteiger charge is -1.99. The van der Waals surface area contributed by atoms with Crippen LogP contribution in [0.5, 0.6) is 5.75 Å². The van der Waals surface area contributed by atoms with Gasteiger partial charge in [-0.2, -0.15) is 0 Å². The van der Waals surface area contributed by atoms with Crippen molar-refractivity contribution in [3.8, 4) is 5.75 Å². The molecule has 3 N–H and O–H groups in total. The first-order valence-corrected chi connectivity index (χ1v) is 3.62. The van der Waals surface area contributed by atoms with Crippen LogP contribution < -0.4 is 5.73 Å². The zero-order valence-corrected chi connectivity index (χ0v) is 7.09. The van der Waals surface area contributed by atoms with Crippen molar-refractivity contribution in [2.45, 2.75) is 0 Å². The third kappa shape index (κ3) is 1.31. The van der Waals surface area contributed by atoms with Crippen molar-refractivity contribution in [3.05, 3.63) is 21.5 Å². The average Bonchev–Trinajstić information content (AvgIpc) is 1.82. The van der Waals surface area contributed by atoms with Gasteiger partial charge in [-0.05, 0) is 28.7 Å². The number of hydrogen-bond donors (Lipinski definition) is 2. The molecule has 10 heavy (non-hydrogen) atoms. The van der Waals surface area contributed by atoms with E-state index in [2.05, 4.69) is 0 Å². The third-order valence-corrected chi connectivity index (χ3v) is 1.88. The maximum absolute atomic E-state index is 12.4. The second-order valence-corrected chi connectivity index (χ2v) is 2.99. The summed E-state index contributed by atoms with van der Waals surface area (Å²) >= 11 is 1.81. The summed E-state index contributed by atoms with van der Waals surface area (Å²) in [5, 5.41) is 9.03. The summed E-state index contributed by atoms with van der Waals surface area (Å²) in [6, 6.07) is 2.30. The molecule has 0 radical (unpaired) electrons. The zero-order valence-electron chi connectivity index (χ0n) is 4.94. The maximum atomic E-state index is 12.4. The van der Waals surface area contributed by atoms with Crippen LogP contribution >= 0.6 is 22.6 Å². The van der Waals surface area contributed by atoms with Crippen LogP contribution in [0.3, 0.4) is 0 Å². The van der Waals surface area contributed by atoms with Crippen molar-refractivity contribution in [3.63, 3.8) is 0 Å². The van der Waals surface area contributed by atoms with Crippen molar-refractivity contribution < 1.29 is 9.50 Å². The van der Waals surface area contributed by atoms with Gasteiger partial charge in [-0.3, -0.25) is 0 Å². The lowest BCUT2D eigenvalue weighted by atomic mass is 10.3. The van der Waals surface area contributed by atoms with E-state index in [1.54, 1.807) is 22.6 Å². The molecule has 4 heteroatoms. The molecule has 2 nitrogen and oxygen atoms in total. The van der Waals surface area contributed by atoms with Crippen LogP contribution in [0.1, 0.15) is 0 Å². The molecule has 0 aliphatic rings. The van der Waals surface area contributed by atoms with Crippen LogP contribution in [0.15, 0.2) is 12.1 Å². The number of rotatable bonds is 0. The maximum Gasteiger partial charge on any atom is 0.151 e. The highest BCUT2D eigenvalue weighted by molar-refractivity contribution is 14.1. The summed E-state index contributed by atoms with van der Waals surface area (Å²) in [6.07, 6.45) is 0. The molecule has 0 aliphatic carbocycles. The van der Waals surface area contributed by atoms with E-state index in [1.807, 2.05) is 0 Å². The third-order valence-electron chi connectivity index (χ3n) is 1.06. The highest BCUT2D eigenvalue weighted by Gasteiger charge is 2.03. The van der Waals surface area contributed by atoms with Crippen molar-refractivity contribution in [2.24, 2.45) is 0 Å². The number of hydrogen-bond acceptors (Lipinski definition) is 2. The number of aromatic hydroxyl groups is 1. The van der Waals surface area contributed by atoms with Crippen LogP contribution in [0.4, 0.5) is 10.1 Å². The van der Waals surface area contributed by atoms with E-state index in [9.17, 15) is 4.39 Å². The zero-order chi connectivity index (χ0) is 7.72. The molecule has 0 saturated carbocycles. The second kappa shape index (κ2) is 2.61. The first-order valence-electron chi connectivity index (χ1n) is 2.54. The fourth-order valence-corrected chi connectivity index (χ4v) is 1.19. The Bertz CT molecular complexity index is 241. The largest absolute Gasteiger partial charge is 0.505 e. The smallest absolute Gasteiger partial charge is 0.151 e. The minimum atomic E-state index is -0.431. The van der Waals surface area contributed by atoms with Crippen LogP contribution in [0, 0.1) is 9.39 Å². The number of phenolic OH excluding ortho intramolecular Hbond substituents is 1. The molecule has 1 rings (SSSR count). The van der Waals surface area contributed by atoms with Crippen molar-refractivity contribution in [2.75, 3.05) is 5.73 Å². The average molecular weight is 253 g/mol. The van der Waals surface area contributed by atoms with E-state index in [0.717, 1.165) is 6.07 Å². The fraction of sp³-hybridized carbons (Fsp3) is 0.